The Balaban J connectivity index is 0.000000248. The number of carbonyl (C=O) groups is 1. The number of aliphatic hydroxyl groups excluding tert-OH is 1. The van der Waals surface area contributed by atoms with Gasteiger partial charge in [-0.25, -0.2) is 4.98 Å². The van der Waals surface area contributed by atoms with Gasteiger partial charge in [0.05, 0.1) is 39.2 Å². The highest BCUT2D eigenvalue weighted by molar-refractivity contribution is 7.85. The van der Waals surface area contributed by atoms with Crippen molar-refractivity contribution in [1.29, 1.82) is 0 Å². The Morgan fingerprint density at radius 2 is 1.79 bits per heavy atom. The van der Waals surface area contributed by atoms with Crippen molar-refractivity contribution in [3.05, 3.63) is 70.9 Å². The van der Waals surface area contributed by atoms with Gasteiger partial charge in [0.2, 0.25) is 5.91 Å². The van der Waals surface area contributed by atoms with Gasteiger partial charge in [0, 0.05) is 6.54 Å². The fraction of sp³-hybridized carbons (Fsp3) is 0.333. The van der Waals surface area contributed by atoms with Crippen molar-refractivity contribution < 1.29 is 22.9 Å². The summed E-state index contributed by atoms with van der Waals surface area (Å²) in [6.45, 7) is 6.30. The molecule has 3 atom stereocenters. The molecule has 2 aromatic carbocycles. The van der Waals surface area contributed by atoms with Gasteiger partial charge in [-0.3, -0.25) is 9.35 Å². The van der Waals surface area contributed by atoms with E-state index >= 15 is 0 Å². The molecule has 0 spiro atoms. The number of aryl methyl sites for hydroxylation is 2. The maximum absolute atomic E-state index is 12.2. The molecule has 34 heavy (non-hydrogen) atoms. The van der Waals surface area contributed by atoms with E-state index in [4.69, 9.17) is 4.55 Å². The van der Waals surface area contributed by atoms with Crippen LogP contribution in [0.2, 0.25) is 0 Å². The number of nitrogens with one attached hydrogen (secondary N) is 2. The molecule has 1 amide bonds. The zero-order chi connectivity index (χ0) is 24.9. The molecule has 3 aromatic rings. The van der Waals surface area contributed by atoms with Crippen molar-refractivity contribution in [3.8, 4) is 10.4 Å². The van der Waals surface area contributed by atoms with Crippen molar-refractivity contribution in [3.63, 3.8) is 0 Å². The van der Waals surface area contributed by atoms with Crippen LogP contribution < -0.4 is 10.6 Å². The summed E-state index contributed by atoms with van der Waals surface area (Å²) in [7, 11) is -4.02. The highest BCUT2D eigenvalue weighted by Crippen LogP contribution is 2.28. The monoisotopic (exact) mass is 503 g/mol. The van der Waals surface area contributed by atoms with E-state index in [1.807, 2.05) is 38.4 Å². The van der Waals surface area contributed by atoms with Crippen LogP contribution in [0.25, 0.3) is 10.4 Å². The molecule has 182 valence electrons. The summed E-state index contributed by atoms with van der Waals surface area (Å²) >= 11 is 1.63. The number of nitrogens with zero attached hydrogens (tertiary/aromatic N) is 1. The molecule has 1 saturated heterocycles. The molecule has 1 aromatic heterocycles. The Labute approximate surface area is 203 Å². The predicted octanol–water partition coefficient (Wildman–Crippen LogP) is 3.26. The first-order chi connectivity index (χ1) is 16.0. The number of benzene rings is 2. The minimum atomic E-state index is -4.02. The van der Waals surface area contributed by atoms with E-state index in [0.29, 0.717) is 13.0 Å². The lowest BCUT2D eigenvalue weighted by molar-refractivity contribution is -0.123. The molecule has 4 N–H and O–H groups in total. The van der Waals surface area contributed by atoms with Gasteiger partial charge in [-0.2, -0.15) is 8.42 Å². The maximum atomic E-state index is 12.2. The Kier molecular flexibility index (Phi) is 8.56. The van der Waals surface area contributed by atoms with E-state index in [9.17, 15) is 18.3 Å². The molecule has 1 aliphatic heterocycles. The number of rotatable bonds is 5. The topological polar surface area (TPSA) is 129 Å². The number of thiazole rings is 1. The summed E-state index contributed by atoms with van der Waals surface area (Å²) in [6.07, 6.45) is 0.0466. The number of aliphatic hydroxyl groups is 1. The molecule has 8 nitrogen and oxygen atoms in total. The lowest BCUT2D eigenvalue weighted by Crippen LogP contribution is -2.41. The van der Waals surface area contributed by atoms with E-state index in [1.165, 1.54) is 17.0 Å². The van der Waals surface area contributed by atoms with Crippen molar-refractivity contribution >= 4 is 27.4 Å². The van der Waals surface area contributed by atoms with Crippen LogP contribution in [0.3, 0.4) is 0 Å². The lowest BCUT2D eigenvalue weighted by Gasteiger charge is -2.18. The third-order valence-electron chi connectivity index (χ3n) is 5.52. The van der Waals surface area contributed by atoms with Crippen LogP contribution in [0.15, 0.2) is 58.9 Å². The molecular formula is C24H29N3O5S2. The zero-order valence-electron chi connectivity index (χ0n) is 19.2. The summed E-state index contributed by atoms with van der Waals surface area (Å²) < 4.78 is 29.6. The highest BCUT2D eigenvalue weighted by atomic mass is 32.2. The largest absolute Gasteiger partial charge is 0.392 e. The minimum Gasteiger partial charge on any atom is -0.392 e. The van der Waals surface area contributed by atoms with E-state index < -0.39 is 16.2 Å². The number of aromatic nitrogens is 1. The van der Waals surface area contributed by atoms with Gasteiger partial charge in [0.25, 0.3) is 10.1 Å². The summed E-state index contributed by atoms with van der Waals surface area (Å²) in [5.74, 6) is -0.0589. The van der Waals surface area contributed by atoms with Gasteiger partial charge in [-0.1, -0.05) is 42.0 Å². The summed E-state index contributed by atoms with van der Waals surface area (Å²) in [6, 6.07) is 13.8. The zero-order valence-corrected chi connectivity index (χ0v) is 20.9. The first kappa shape index (κ1) is 26.0. The fourth-order valence-corrected chi connectivity index (χ4v) is 4.82. The quantitative estimate of drug-likeness (QED) is 0.393. The molecule has 1 fully saturated rings. The van der Waals surface area contributed by atoms with Crippen molar-refractivity contribution in [2.45, 2.75) is 50.3 Å². The van der Waals surface area contributed by atoms with E-state index in [-0.39, 0.29) is 22.9 Å². The molecule has 0 saturated carbocycles. The fourth-order valence-electron chi connectivity index (χ4n) is 3.53. The lowest BCUT2D eigenvalue weighted by atomic mass is 10.0. The molecule has 10 heteroatoms. The minimum absolute atomic E-state index is 0.0589. The summed E-state index contributed by atoms with van der Waals surface area (Å²) in [4.78, 5) is 17.6. The van der Waals surface area contributed by atoms with E-state index in [2.05, 4.69) is 27.8 Å². The first-order valence-electron chi connectivity index (χ1n) is 10.8. The van der Waals surface area contributed by atoms with Crippen LogP contribution in [0, 0.1) is 13.8 Å². The van der Waals surface area contributed by atoms with Gasteiger partial charge in [0.1, 0.15) is 0 Å². The van der Waals surface area contributed by atoms with Crippen LogP contribution in [0.5, 0.6) is 0 Å². The van der Waals surface area contributed by atoms with Gasteiger partial charge >= 0.3 is 0 Å². The van der Waals surface area contributed by atoms with Crippen LogP contribution in [0.4, 0.5) is 0 Å². The van der Waals surface area contributed by atoms with Crippen LogP contribution >= 0.6 is 11.3 Å². The second kappa shape index (κ2) is 11.2. The number of hydrogen-bond donors (Lipinski definition) is 4. The van der Waals surface area contributed by atoms with Crippen LogP contribution in [-0.2, 0) is 14.9 Å². The first-order valence-corrected chi connectivity index (χ1v) is 13.1. The normalized spacial score (nSPS) is 18.6. The van der Waals surface area contributed by atoms with Gasteiger partial charge in [0.15, 0.2) is 0 Å². The average molecular weight is 504 g/mol. The predicted molar refractivity (Wildman–Crippen MR) is 132 cm³/mol. The molecule has 4 rings (SSSR count). The molecule has 1 aliphatic rings. The van der Waals surface area contributed by atoms with Crippen molar-refractivity contribution in [2.24, 2.45) is 0 Å². The highest BCUT2D eigenvalue weighted by Gasteiger charge is 2.28. The maximum Gasteiger partial charge on any atom is 0.294 e. The Morgan fingerprint density at radius 1 is 1.15 bits per heavy atom. The Bertz CT molecular complexity index is 1210. The molecule has 2 heterocycles. The summed E-state index contributed by atoms with van der Waals surface area (Å²) in [5, 5.41) is 15.5. The van der Waals surface area contributed by atoms with Gasteiger partial charge in [-0.05, 0) is 50.5 Å². The SMILES string of the molecule is Cc1ccc(S(=O)(=O)O)cc1.Cc1ncsc1-c1ccc([C@H](C)NC(=O)C2CC(O)CN2)cc1. The third-order valence-corrected chi connectivity index (χ3v) is 7.37. The third kappa shape index (κ3) is 6.94. The molecular weight excluding hydrogens is 474 g/mol. The van der Waals surface area contributed by atoms with Crippen LogP contribution in [-0.4, -0.2) is 47.7 Å². The van der Waals surface area contributed by atoms with E-state index in [1.54, 1.807) is 23.5 Å². The number of carbonyl (C=O) groups excluding carboxylic acids is 1. The molecule has 0 radical (unpaired) electrons. The van der Waals surface area contributed by atoms with Gasteiger partial charge in [-0.15, -0.1) is 11.3 Å². The number of amides is 1. The second-order valence-corrected chi connectivity index (χ2v) is 10.5. The molecule has 0 bridgehead atoms. The number of hydrogen-bond acceptors (Lipinski definition) is 7. The second-order valence-electron chi connectivity index (χ2n) is 8.26. The van der Waals surface area contributed by atoms with Crippen molar-refractivity contribution in [1.82, 2.24) is 15.6 Å². The van der Waals surface area contributed by atoms with E-state index in [0.717, 1.165) is 22.4 Å². The Hall–Kier alpha value is -2.63. The summed E-state index contributed by atoms with van der Waals surface area (Å²) in [5.41, 5.74) is 6.05. The number of β-amino-alcohol motifs (C(OH)–C–C–N with tert-alkyl or cyclic N) is 1. The molecule has 2 unspecified atom stereocenters. The van der Waals surface area contributed by atoms with Crippen molar-refractivity contribution in [2.75, 3.05) is 6.54 Å². The standard InChI is InChI=1S/C17H21N3O2S.C7H8O3S/c1-10(20-17(22)15-7-14(21)8-18-15)12-3-5-13(6-4-12)16-11(2)19-9-23-16;1-6-2-4-7(5-3-6)11(8,9)10/h3-6,9-10,14-15,18,21H,7-8H2,1-2H3,(H,20,22);2-5H,1H3,(H,8,9,10)/t10-,14?,15?;/m0./s1. The van der Waals surface area contributed by atoms with Crippen LogP contribution in [0.1, 0.15) is 36.2 Å². The smallest absolute Gasteiger partial charge is 0.294 e. The van der Waals surface area contributed by atoms with Gasteiger partial charge < -0.3 is 15.7 Å². The Morgan fingerprint density at radius 3 is 2.29 bits per heavy atom. The average Bonchev–Trinajstić information content (AvgIpc) is 3.42. The molecule has 0 aliphatic carbocycles.